The maximum absolute atomic E-state index is 11.6. The van der Waals surface area contributed by atoms with E-state index in [1.54, 1.807) is 4.68 Å². The fourth-order valence-corrected chi connectivity index (χ4v) is 2.53. The molecule has 16 heavy (non-hydrogen) atoms. The highest BCUT2D eigenvalue weighted by atomic mass is 32.1. The zero-order chi connectivity index (χ0) is 11.7. The summed E-state index contributed by atoms with van der Waals surface area (Å²) in [5.41, 5.74) is 2.73. The van der Waals surface area contributed by atoms with Crippen LogP contribution >= 0.6 is 11.3 Å². The van der Waals surface area contributed by atoms with Crippen molar-refractivity contribution in [2.24, 2.45) is 7.05 Å². The molecule has 0 unspecified atom stereocenters. The van der Waals surface area contributed by atoms with Gasteiger partial charge in [0.25, 0.3) is 0 Å². The van der Waals surface area contributed by atoms with E-state index in [1.807, 2.05) is 31.6 Å². The minimum atomic E-state index is -0.307. The minimum absolute atomic E-state index is 0.307. The quantitative estimate of drug-likeness (QED) is 0.751. The Morgan fingerprint density at radius 3 is 2.88 bits per heavy atom. The maximum atomic E-state index is 11.6. The van der Waals surface area contributed by atoms with Crippen LogP contribution < -0.4 is 0 Å². The van der Waals surface area contributed by atoms with Gasteiger partial charge in [-0.05, 0) is 23.9 Å². The molecular formula is C11H12N2O2S. The zero-order valence-corrected chi connectivity index (χ0v) is 10.2. The molecule has 2 aromatic rings. The average molecular weight is 236 g/mol. The molecule has 0 atom stereocenters. The molecule has 84 valence electrons. The van der Waals surface area contributed by atoms with Gasteiger partial charge in [0.15, 0.2) is 0 Å². The molecule has 2 heterocycles. The number of carbonyl (C=O) groups excluding carboxylic acids is 1. The van der Waals surface area contributed by atoms with E-state index in [0.29, 0.717) is 4.88 Å². The molecule has 0 N–H and O–H groups in total. The lowest BCUT2D eigenvalue weighted by molar-refractivity contribution is 0.0607. The number of methoxy groups -OCH3 is 1. The van der Waals surface area contributed by atoms with Crippen molar-refractivity contribution in [3.63, 3.8) is 0 Å². The highest BCUT2D eigenvalue weighted by molar-refractivity contribution is 7.12. The summed E-state index contributed by atoms with van der Waals surface area (Å²) in [4.78, 5) is 12.2. The van der Waals surface area contributed by atoms with E-state index in [2.05, 4.69) is 5.10 Å². The Balaban J connectivity index is 2.55. The third-order valence-electron chi connectivity index (χ3n) is 2.32. The van der Waals surface area contributed by atoms with Crippen molar-refractivity contribution in [2.45, 2.75) is 6.92 Å². The smallest absolute Gasteiger partial charge is 0.348 e. The molecule has 4 nitrogen and oxygen atoms in total. The van der Waals surface area contributed by atoms with E-state index in [-0.39, 0.29) is 5.97 Å². The molecule has 0 aromatic carbocycles. The number of aryl methyl sites for hydroxylation is 2. The number of thiophene rings is 1. The van der Waals surface area contributed by atoms with Gasteiger partial charge in [-0.2, -0.15) is 5.10 Å². The fourth-order valence-electron chi connectivity index (χ4n) is 1.55. The summed E-state index contributed by atoms with van der Waals surface area (Å²) >= 11 is 1.39. The molecule has 0 saturated carbocycles. The van der Waals surface area contributed by atoms with E-state index in [1.165, 1.54) is 18.4 Å². The summed E-state index contributed by atoms with van der Waals surface area (Å²) in [6.07, 6.45) is 1.85. The Morgan fingerprint density at radius 1 is 1.56 bits per heavy atom. The number of rotatable bonds is 2. The summed E-state index contributed by atoms with van der Waals surface area (Å²) in [5, 5.41) is 6.25. The number of nitrogens with zero attached hydrogens (tertiary/aromatic N) is 2. The largest absolute Gasteiger partial charge is 0.465 e. The van der Waals surface area contributed by atoms with Crippen LogP contribution in [0, 0.1) is 6.92 Å². The molecule has 0 radical (unpaired) electrons. The monoisotopic (exact) mass is 236 g/mol. The van der Waals surface area contributed by atoms with Crippen LogP contribution in [0.5, 0.6) is 0 Å². The second kappa shape index (κ2) is 4.09. The topological polar surface area (TPSA) is 44.1 Å². The molecular weight excluding hydrogens is 224 g/mol. The number of esters is 1. The van der Waals surface area contributed by atoms with Crippen LogP contribution in [0.4, 0.5) is 0 Å². The molecule has 0 fully saturated rings. The number of hydrogen-bond acceptors (Lipinski definition) is 4. The van der Waals surface area contributed by atoms with Gasteiger partial charge in [0.2, 0.25) is 0 Å². The molecule has 0 amide bonds. The van der Waals surface area contributed by atoms with Crippen molar-refractivity contribution in [1.82, 2.24) is 9.78 Å². The first-order chi connectivity index (χ1) is 7.63. The molecule has 0 bridgehead atoms. The molecule has 0 aliphatic carbocycles. The second-order valence-electron chi connectivity index (χ2n) is 3.49. The lowest BCUT2D eigenvalue weighted by Crippen LogP contribution is -2.01. The standard InChI is InChI=1S/C11H12N2O2S/c1-7-6-16-10(11(14)15-3)9(7)8-4-5-13(2)12-8/h4-6H,1-3H3. The van der Waals surface area contributed by atoms with Gasteiger partial charge in [-0.15, -0.1) is 11.3 Å². The van der Waals surface area contributed by atoms with E-state index < -0.39 is 0 Å². The third kappa shape index (κ3) is 1.74. The predicted octanol–water partition coefficient (Wildman–Crippen LogP) is 2.24. The van der Waals surface area contributed by atoms with Crippen molar-refractivity contribution >= 4 is 17.3 Å². The van der Waals surface area contributed by atoms with E-state index in [9.17, 15) is 4.79 Å². The number of aromatic nitrogens is 2. The van der Waals surface area contributed by atoms with E-state index >= 15 is 0 Å². The van der Waals surface area contributed by atoms with Crippen LogP contribution in [0.2, 0.25) is 0 Å². The summed E-state index contributed by atoms with van der Waals surface area (Å²) in [6, 6.07) is 1.89. The maximum Gasteiger partial charge on any atom is 0.348 e. The van der Waals surface area contributed by atoms with Crippen LogP contribution in [0.1, 0.15) is 15.2 Å². The van der Waals surface area contributed by atoms with Crippen molar-refractivity contribution in [2.75, 3.05) is 7.11 Å². The molecule has 2 rings (SSSR count). The highest BCUT2D eigenvalue weighted by Gasteiger charge is 2.19. The summed E-state index contributed by atoms with van der Waals surface area (Å²) in [7, 11) is 3.24. The normalized spacial score (nSPS) is 10.4. The molecule has 0 aliphatic heterocycles. The predicted molar refractivity (Wildman–Crippen MR) is 62.6 cm³/mol. The van der Waals surface area contributed by atoms with Gasteiger partial charge in [0.1, 0.15) is 4.88 Å². The molecule has 0 spiro atoms. The molecule has 2 aromatic heterocycles. The molecule has 0 aliphatic rings. The number of hydrogen-bond donors (Lipinski definition) is 0. The first-order valence-corrected chi connectivity index (χ1v) is 5.68. The van der Waals surface area contributed by atoms with Crippen LogP contribution in [0.15, 0.2) is 17.6 Å². The second-order valence-corrected chi connectivity index (χ2v) is 4.37. The highest BCUT2D eigenvalue weighted by Crippen LogP contribution is 2.31. The van der Waals surface area contributed by atoms with Gasteiger partial charge in [-0.3, -0.25) is 4.68 Å². The Kier molecular flexibility index (Phi) is 2.78. The summed E-state index contributed by atoms with van der Waals surface area (Å²) < 4.78 is 6.47. The van der Waals surface area contributed by atoms with Crippen LogP contribution in [0.25, 0.3) is 11.3 Å². The van der Waals surface area contributed by atoms with Gasteiger partial charge in [0.05, 0.1) is 12.8 Å². The van der Waals surface area contributed by atoms with E-state index in [0.717, 1.165) is 16.8 Å². The van der Waals surface area contributed by atoms with Crippen LogP contribution in [-0.2, 0) is 11.8 Å². The number of carbonyl (C=O) groups is 1. The minimum Gasteiger partial charge on any atom is -0.465 e. The zero-order valence-electron chi connectivity index (χ0n) is 9.35. The fraction of sp³-hybridized carbons (Fsp3) is 0.273. The summed E-state index contributed by atoms with van der Waals surface area (Å²) in [5.74, 6) is -0.307. The first-order valence-electron chi connectivity index (χ1n) is 4.80. The van der Waals surface area contributed by atoms with Gasteiger partial charge in [-0.25, -0.2) is 4.79 Å². The van der Waals surface area contributed by atoms with Crippen LogP contribution in [0.3, 0.4) is 0 Å². The molecule has 5 heteroatoms. The third-order valence-corrected chi connectivity index (χ3v) is 3.39. The first kappa shape index (κ1) is 10.9. The van der Waals surface area contributed by atoms with Crippen molar-refractivity contribution in [1.29, 1.82) is 0 Å². The Bertz CT molecular complexity index is 528. The Hall–Kier alpha value is -1.62. The number of ether oxygens (including phenoxy) is 1. The van der Waals surface area contributed by atoms with Gasteiger partial charge < -0.3 is 4.74 Å². The van der Waals surface area contributed by atoms with Crippen LogP contribution in [-0.4, -0.2) is 22.9 Å². The SMILES string of the molecule is COC(=O)c1scc(C)c1-c1ccn(C)n1. The Morgan fingerprint density at radius 2 is 2.31 bits per heavy atom. The van der Waals surface area contributed by atoms with E-state index in [4.69, 9.17) is 4.74 Å². The van der Waals surface area contributed by atoms with Crippen molar-refractivity contribution in [3.05, 3.63) is 28.1 Å². The lowest BCUT2D eigenvalue weighted by Gasteiger charge is -2.00. The summed E-state index contributed by atoms with van der Waals surface area (Å²) in [6.45, 7) is 1.97. The molecule has 0 saturated heterocycles. The average Bonchev–Trinajstić information content (AvgIpc) is 2.83. The Labute approximate surface area is 97.5 Å². The van der Waals surface area contributed by atoms with Crippen molar-refractivity contribution < 1.29 is 9.53 Å². The van der Waals surface area contributed by atoms with Crippen molar-refractivity contribution in [3.8, 4) is 11.3 Å². The van der Waals surface area contributed by atoms with Gasteiger partial charge in [0, 0.05) is 18.8 Å². The van der Waals surface area contributed by atoms with Gasteiger partial charge in [-0.1, -0.05) is 0 Å². The lowest BCUT2D eigenvalue weighted by atomic mass is 10.1. The van der Waals surface area contributed by atoms with Gasteiger partial charge >= 0.3 is 5.97 Å².